The normalized spacial score (nSPS) is 52.9. The number of carboxylic acids is 2. The Hall–Kier alpha value is -1.06. The molecular formula is C10H12O4. The summed E-state index contributed by atoms with van der Waals surface area (Å²) in [4.78, 5) is 22.0. The second-order valence-electron chi connectivity index (χ2n) is 5.00. The lowest BCUT2D eigenvalue weighted by Gasteiger charge is -2.48. The van der Waals surface area contributed by atoms with E-state index >= 15 is 0 Å². The molecule has 3 fully saturated rings. The van der Waals surface area contributed by atoms with Crippen LogP contribution in [0.15, 0.2) is 0 Å². The molecule has 3 aliphatic carbocycles. The summed E-state index contributed by atoms with van der Waals surface area (Å²) in [6.45, 7) is 0. The van der Waals surface area contributed by atoms with Crippen molar-refractivity contribution in [2.24, 2.45) is 29.1 Å². The highest BCUT2D eigenvalue weighted by Gasteiger charge is 2.73. The Morgan fingerprint density at radius 2 is 1.93 bits per heavy atom. The Labute approximate surface area is 80.9 Å². The molecule has 0 aliphatic heterocycles. The van der Waals surface area contributed by atoms with Gasteiger partial charge in [0.1, 0.15) is 0 Å². The van der Waals surface area contributed by atoms with Gasteiger partial charge in [0.25, 0.3) is 0 Å². The molecule has 0 radical (unpaired) electrons. The maximum Gasteiger partial charge on any atom is 0.309 e. The monoisotopic (exact) mass is 196 g/mol. The van der Waals surface area contributed by atoms with Gasteiger partial charge in [-0.2, -0.15) is 0 Å². The fourth-order valence-corrected chi connectivity index (χ4v) is 3.78. The Bertz CT molecular complexity index is 337. The summed E-state index contributed by atoms with van der Waals surface area (Å²) >= 11 is 0. The zero-order chi connectivity index (χ0) is 10.1. The number of carboxylic acid groups (broad SMARTS) is 2. The van der Waals surface area contributed by atoms with Gasteiger partial charge in [0, 0.05) is 0 Å². The molecule has 0 aromatic carbocycles. The number of rotatable bonds is 2. The van der Waals surface area contributed by atoms with Crippen molar-refractivity contribution in [3.63, 3.8) is 0 Å². The molecule has 0 spiro atoms. The topological polar surface area (TPSA) is 74.6 Å². The van der Waals surface area contributed by atoms with Crippen molar-refractivity contribution in [1.82, 2.24) is 0 Å². The van der Waals surface area contributed by atoms with Crippen LogP contribution in [0.25, 0.3) is 0 Å². The van der Waals surface area contributed by atoms with Crippen molar-refractivity contribution in [3.8, 4) is 0 Å². The molecule has 3 rings (SSSR count). The minimum Gasteiger partial charge on any atom is -0.481 e. The molecule has 0 aromatic rings. The second kappa shape index (κ2) is 2.12. The van der Waals surface area contributed by atoms with Crippen molar-refractivity contribution in [2.75, 3.05) is 0 Å². The van der Waals surface area contributed by atoms with Crippen LogP contribution in [0.3, 0.4) is 0 Å². The van der Waals surface area contributed by atoms with E-state index in [0.29, 0.717) is 18.3 Å². The molecule has 3 saturated carbocycles. The average Bonchev–Trinajstić information content (AvgIpc) is 2.70. The van der Waals surface area contributed by atoms with Gasteiger partial charge in [-0.05, 0) is 37.0 Å². The van der Waals surface area contributed by atoms with Gasteiger partial charge in [0.2, 0.25) is 0 Å². The van der Waals surface area contributed by atoms with Crippen LogP contribution in [0.1, 0.15) is 19.3 Å². The summed E-state index contributed by atoms with van der Waals surface area (Å²) in [7, 11) is 0. The molecule has 0 saturated heterocycles. The Kier molecular flexibility index (Phi) is 1.25. The minimum atomic E-state index is -0.806. The first-order valence-electron chi connectivity index (χ1n) is 5.02. The van der Waals surface area contributed by atoms with Crippen LogP contribution in [0.4, 0.5) is 0 Å². The highest BCUT2D eigenvalue weighted by Crippen LogP contribution is 2.73. The van der Waals surface area contributed by atoms with Gasteiger partial charge in [0.15, 0.2) is 0 Å². The Morgan fingerprint density at radius 3 is 2.50 bits per heavy atom. The van der Waals surface area contributed by atoms with Gasteiger partial charge in [0.05, 0.1) is 11.3 Å². The quantitative estimate of drug-likeness (QED) is 0.685. The summed E-state index contributed by atoms with van der Waals surface area (Å²) in [6.07, 6.45) is 2.14. The molecule has 4 nitrogen and oxygen atoms in total. The number of fused-ring (bicyclic) bond motifs is 3. The predicted octanol–water partition coefficient (Wildman–Crippen LogP) is 0.818. The Morgan fingerprint density at radius 1 is 1.21 bits per heavy atom. The first-order valence-corrected chi connectivity index (χ1v) is 5.02. The van der Waals surface area contributed by atoms with Crippen molar-refractivity contribution >= 4 is 11.9 Å². The van der Waals surface area contributed by atoms with Crippen LogP contribution in [0.2, 0.25) is 0 Å². The van der Waals surface area contributed by atoms with E-state index in [2.05, 4.69) is 0 Å². The predicted molar refractivity (Wildman–Crippen MR) is 45.5 cm³/mol. The van der Waals surface area contributed by atoms with Crippen molar-refractivity contribution in [3.05, 3.63) is 0 Å². The SMILES string of the molecule is O=C(O)C1CC2(C(=O)O)CC3CC3C12. The number of hydrogen-bond acceptors (Lipinski definition) is 2. The average molecular weight is 196 g/mol. The van der Waals surface area contributed by atoms with Crippen LogP contribution < -0.4 is 0 Å². The van der Waals surface area contributed by atoms with E-state index in [1.807, 2.05) is 0 Å². The number of hydrogen-bond donors (Lipinski definition) is 2. The van der Waals surface area contributed by atoms with Crippen LogP contribution in [0, 0.1) is 29.1 Å². The maximum atomic E-state index is 11.1. The molecule has 0 bridgehead atoms. The molecule has 2 N–H and O–H groups in total. The highest BCUT2D eigenvalue weighted by atomic mass is 16.4. The first-order chi connectivity index (χ1) is 6.56. The van der Waals surface area contributed by atoms with E-state index in [-0.39, 0.29) is 11.8 Å². The van der Waals surface area contributed by atoms with Gasteiger partial charge < -0.3 is 10.2 Å². The Balaban J connectivity index is 1.91. The lowest BCUT2D eigenvalue weighted by Crippen LogP contribution is -2.54. The molecule has 5 unspecified atom stereocenters. The fraction of sp³-hybridized carbons (Fsp3) is 0.800. The van der Waals surface area contributed by atoms with Crippen molar-refractivity contribution in [1.29, 1.82) is 0 Å². The van der Waals surface area contributed by atoms with E-state index in [0.717, 1.165) is 12.8 Å². The summed E-state index contributed by atoms with van der Waals surface area (Å²) in [6, 6.07) is 0. The molecule has 5 atom stereocenters. The van der Waals surface area contributed by atoms with Crippen LogP contribution in [0.5, 0.6) is 0 Å². The molecule has 0 amide bonds. The molecular weight excluding hydrogens is 184 g/mol. The fourth-order valence-electron chi connectivity index (χ4n) is 3.78. The third-order valence-electron chi connectivity index (χ3n) is 4.46. The minimum absolute atomic E-state index is 0.0671. The van der Waals surface area contributed by atoms with Crippen molar-refractivity contribution < 1.29 is 19.8 Å². The summed E-state index contributed by atoms with van der Waals surface area (Å²) < 4.78 is 0. The third-order valence-corrected chi connectivity index (χ3v) is 4.46. The van der Waals surface area contributed by atoms with Gasteiger partial charge in [-0.1, -0.05) is 0 Å². The van der Waals surface area contributed by atoms with E-state index in [1.54, 1.807) is 0 Å². The molecule has 4 heteroatoms. The van der Waals surface area contributed by atoms with E-state index in [1.165, 1.54) is 0 Å². The zero-order valence-corrected chi connectivity index (χ0v) is 7.64. The summed E-state index contributed by atoms with van der Waals surface area (Å²) in [5.41, 5.74) is -0.656. The largest absolute Gasteiger partial charge is 0.481 e. The van der Waals surface area contributed by atoms with Crippen molar-refractivity contribution in [2.45, 2.75) is 19.3 Å². The smallest absolute Gasteiger partial charge is 0.309 e. The molecule has 0 heterocycles. The maximum absolute atomic E-state index is 11.1. The number of carbonyl (C=O) groups is 2. The standard InChI is InChI=1S/C10H12O4/c11-8(12)6-3-10(9(13)14)2-4-1-5(4)7(6)10/h4-7H,1-3H2,(H,11,12)(H,13,14). The first kappa shape index (κ1) is 8.26. The van der Waals surface area contributed by atoms with Crippen LogP contribution >= 0.6 is 0 Å². The zero-order valence-electron chi connectivity index (χ0n) is 7.64. The third kappa shape index (κ3) is 0.713. The van der Waals surface area contributed by atoms with E-state index < -0.39 is 17.4 Å². The van der Waals surface area contributed by atoms with Gasteiger partial charge in [-0.3, -0.25) is 9.59 Å². The highest BCUT2D eigenvalue weighted by molar-refractivity contribution is 5.83. The number of aliphatic carboxylic acids is 2. The molecule has 3 aliphatic rings. The van der Waals surface area contributed by atoms with Gasteiger partial charge in [-0.15, -0.1) is 0 Å². The van der Waals surface area contributed by atoms with Gasteiger partial charge >= 0.3 is 11.9 Å². The summed E-state index contributed by atoms with van der Waals surface area (Å²) in [5.74, 6) is -1.11. The molecule has 14 heavy (non-hydrogen) atoms. The van der Waals surface area contributed by atoms with Crippen LogP contribution in [-0.4, -0.2) is 22.2 Å². The van der Waals surface area contributed by atoms with E-state index in [9.17, 15) is 9.59 Å². The summed E-state index contributed by atoms with van der Waals surface area (Å²) in [5, 5.41) is 18.1. The molecule has 0 aromatic heterocycles. The second-order valence-corrected chi connectivity index (χ2v) is 5.00. The van der Waals surface area contributed by atoms with E-state index in [4.69, 9.17) is 10.2 Å². The van der Waals surface area contributed by atoms with Crippen LogP contribution in [-0.2, 0) is 9.59 Å². The molecule has 76 valence electrons. The lowest BCUT2D eigenvalue weighted by atomic mass is 9.53. The lowest BCUT2D eigenvalue weighted by molar-refractivity contribution is -0.176. The van der Waals surface area contributed by atoms with Gasteiger partial charge in [-0.25, -0.2) is 0 Å².